The summed E-state index contributed by atoms with van der Waals surface area (Å²) >= 11 is 0. The van der Waals surface area contributed by atoms with Gasteiger partial charge in [-0.25, -0.2) is 0 Å². The zero-order chi connectivity index (χ0) is 15.9. The fourth-order valence-electron chi connectivity index (χ4n) is 3.49. The summed E-state index contributed by atoms with van der Waals surface area (Å²) in [4.78, 5) is 4.53. The van der Waals surface area contributed by atoms with Crippen molar-refractivity contribution in [1.82, 2.24) is 0 Å². The second kappa shape index (κ2) is 5.46. The van der Waals surface area contributed by atoms with Crippen molar-refractivity contribution < 1.29 is 9.47 Å². The van der Waals surface area contributed by atoms with Crippen LogP contribution in [0.2, 0.25) is 0 Å². The molecule has 3 unspecified atom stereocenters. The summed E-state index contributed by atoms with van der Waals surface area (Å²) in [5.41, 5.74) is 4.67. The summed E-state index contributed by atoms with van der Waals surface area (Å²) < 4.78 is 11.5. The van der Waals surface area contributed by atoms with Crippen molar-refractivity contribution in [3.63, 3.8) is 0 Å². The van der Waals surface area contributed by atoms with Gasteiger partial charge >= 0.3 is 0 Å². The lowest BCUT2D eigenvalue weighted by Gasteiger charge is -2.15. The third-order valence-corrected chi connectivity index (χ3v) is 4.76. The molecular formula is C21H17NO2. The first-order valence-electron chi connectivity index (χ1n) is 8.28. The average molecular weight is 315 g/mol. The minimum absolute atomic E-state index is 0.0848. The summed E-state index contributed by atoms with van der Waals surface area (Å²) in [6, 6.07) is 6.37. The second-order valence-corrected chi connectivity index (χ2v) is 6.31. The topological polar surface area (TPSA) is 30.8 Å². The Labute approximate surface area is 141 Å². The predicted octanol–water partition coefficient (Wildman–Crippen LogP) is 3.96. The van der Waals surface area contributed by atoms with Crippen LogP contribution in [-0.4, -0.2) is 25.0 Å². The Bertz CT molecular complexity index is 870. The van der Waals surface area contributed by atoms with E-state index in [0.717, 1.165) is 16.9 Å². The van der Waals surface area contributed by atoms with Crippen molar-refractivity contribution >= 4 is 12.3 Å². The lowest BCUT2D eigenvalue weighted by atomic mass is 9.94. The molecule has 2 bridgehead atoms. The van der Waals surface area contributed by atoms with E-state index in [1.807, 2.05) is 18.5 Å². The summed E-state index contributed by atoms with van der Waals surface area (Å²) in [5, 5.41) is 0. The van der Waals surface area contributed by atoms with Gasteiger partial charge in [-0.1, -0.05) is 42.5 Å². The highest BCUT2D eigenvalue weighted by Crippen LogP contribution is 2.34. The van der Waals surface area contributed by atoms with Gasteiger partial charge in [0, 0.05) is 23.9 Å². The summed E-state index contributed by atoms with van der Waals surface area (Å²) in [7, 11) is 0. The van der Waals surface area contributed by atoms with Crippen molar-refractivity contribution in [3.8, 4) is 5.75 Å². The van der Waals surface area contributed by atoms with Crippen molar-refractivity contribution in [2.45, 2.75) is 18.1 Å². The monoisotopic (exact) mass is 315 g/mol. The van der Waals surface area contributed by atoms with E-state index in [1.165, 1.54) is 11.1 Å². The summed E-state index contributed by atoms with van der Waals surface area (Å²) in [5.74, 6) is 1.10. The molecule has 4 aliphatic heterocycles. The van der Waals surface area contributed by atoms with Crippen LogP contribution in [0.3, 0.4) is 0 Å². The van der Waals surface area contributed by atoms with Crippen LogP contribution in [-0.2, 0) is 4.74 Å². The molecule has 3 heteroatoms. The quantitative estimate of drug-likeness (QED) is 0.773. The van der Waals surface area contributed by atoms with Gasteiger partial charge in [-0.3, -0.25) is 4.99 Å². The minimum Gasteiger partial charge on any atom is -0.489 e. The van der Waals surface area contributed by atoms with Crippen LogP contribution in [0.15, 0.2) is 77.0 Å². The van der Waals surface area contributed by atoms with Crippen molar-refractivity contribution in [2.24, 2.45) is 4.99 Å². The smallest absolute Gasteiger partial charge is 0.127 e. The van der Waals surface area contributed by atoms with Gasteiger partial charge in [-0.15, -0.1) is 0 Å². The molecule has 5 rings (SSSR count). The summed E-state index contributed by atoms with van der Waals surface area (Å²) in [6.07, 6.45) is 19.0. The van der Waals surface area contributed by atoms with E-state index >= 15 is 0 Å². The molecule has 0 aliphatic carbocycles. The molecule has 118 valence electrons. The maximum Gasteiger partial charge on any atom is 0.127 e. The molecule has 0 saturated heterocycles. The Morgan fingerprint density at radius 1 is 1.08 bits per heavy atom. The third-order valence-electron chi connectivity index (χ3n) is 4.76. The average Bonchev–Trinajstić information content (AvgIpc) is 3.17. The van der Waals surface area contributed by atoms with Crippen LogP contribution in [0, 0.1) is 0 Å². The molecule has 0 aromatic heterocycles. The van der Waals surface area contributed by atoms with Crippen LogP contribution >= 0.6 is 0 Å². The Morgan fingerprint density at radius 2 is 2.08 bits per heavy atom. The Morgan fingerprint density at radius 3 is 2.96 bits per heavy atom. The normalized spacial score (nSPS) is 29.1. The van der Waals surface area contributed by atoms with Crippen LogP contribution in [0.5, 0.6) is 5.75 Å². The van der Waals surface area contributed by atoms with E-state index in [9.17, 15) is 0 Å². The van der Waals surface area contributed by atoms with Crippen LogP contribution < -0.4 is 4.74 Å². The van der Waals surface area contributed by atoms with E-state index in [1.54, 1.807) is 0 Å². The van der Waals surface area contributed by atoms with Gasteiger partial charge in [0.05, 0.1) is 6.10 Å². The maximum atomic E-state index is 5.80. The molecule has 0 fully saturated rings. The fraction of sp³-hybridized carbons (Fsp3) is 0.190. The van der Waals surface area contributed by atoms with Gasteiger partial charge < -0.3 is 9.47 Å². The molecule has 4 heterocycles. The van der Waals surface area contributed by atoms with Gasteiger partial charge in [0.25, 0.3) is 0 Å². The Hall–Kier alpha value is -2.65. The number of aliphatic imine (C=N–C) groups is 1. The minimum atomic E-state index is 0.0848. The highest BCUT2D eigenvalue weighted by atomic mass is 16.5. The maximum absolute atomic E-state index is 5.80. The van der Waals surface area contributed by atoms with Gasteiger partial charge in [-0.2, -0.15) is 0 Å². The molecule has 0 spiro atoms. The first-order chi connectivity index (χ1) is 11.9. The lowest BCUT2D eigenvalue weighted by Crippen LogP contribution is -2.05. The predicted molar refractivity (Wildman–Crippen MR) is 95.3 cm³/mol. The van der Waals surface area contributed by atoms with Gasteiger partial charge in [0.1, 0.15) is 18.5 Å². The highest BCUT2D eigenvalue weighted by molar-refractivity contribution is 5.74. The molecule has 0 N–H and O–H groups in total. The molecule has 0 amide bonds. The number of hydrogen-bond acceptors (Lipinski definition) is 3. The zero-order valence-electron chi connectivity index (χ0n) is 13.1. The molecule has 0 radical (unpaired) electrons. The van der Waals surface area contributed by atoms with Crippen LogP contribution in [0.4, 0.5) is 0 Å². The molecule has 3 atom stereocenters. The molecule has 3 nitrogen and oxygen atoms in total. The number of nitrogens with zero attached hydrogens (tertiary/aromatic N) is 1. The van der Waals surface area contributed by atoms with Gasteiger partial charge in [0.15, 0.2) is 0 Å². The molecular weight excluding hydrogens is 298 g/mol. The Kier molecular flexibility index (Phi) is 3.13. The number of hydrogen-bond donors (Lipinski definition) is 0. The number of allylic oxidation sites excluding steroid dienone is 2. The molecule has 1 aromatic rings. The van der Waals surface area contributed by atoms with Crippen LogP contribution in [0.1, 0.15) is 17.0 Å². The highest BCUT2D eigenvalue weighted by Gasteiger charge is 2.30. The molecule has 24 heavy (non-hydrogen) atoms. The third kappa shape index (κ3) is 2.29. The summed E-state index contributed by atoms with van der Waals surface area (Å²) in [6.45, 7) is 0.640. The van der Waals surface area contributed by atoms with Gasteiger partial charge in [0.2, 0.25) is 0 Å². The van der Waals surface area contributed by atoms with E-state index in [2.05, 4.69) is 59.6 Å². The van der Waals surface area contributed by atoms with E-state index in [4.69, 9.17) is 9.47 Å². The largest absolute Gasteiger partial charge is 0.489 e. The van der Waals surface area contributed by atoms with Gasteiger partial charge in [-0.05, 0) is 34.9 Å². The van der Waals surface area contributed by atoms with E-state index in [-0.39, 0.29) is 18.1 Å². The number of fused-ring (bicyclic) bond motifs is 3. The zero-order valence-corrected chi connectivity index (χ0v) is 13.1. The van der Waals surface area contributed by atoms with Crippen molar-refractivity contribution in [3.05, 3.63) is 83.1 Å². The SMILES string of the molecule is C1=Cc2ccc(C3C=CC(C4=CC5C=CC4O5)=CN=C3)cc2OC1. The molecule has 0 saturated carbocycles. The van der Waals surface area contributed by atoms with Crippen LogP contribution in [0.25, 0.3) is 6.08 Å². The Balaban J connectivity index is 1.41. The number of benzene rings is 1. The standard InChI is InChI=1S/C21H17NO2/c1-2-14-3-4-15(10-21(14)23-9-1)16-5-6-17(13-22-12-16)19-11-18-7-8-20(19)24-18/h1-8,10-13,16,18,20H,9H2. The van der Waals surface area contributed by atoms with Crippen molar-refractivity contribution in [1.29, 1.82) is 0 Å². The first-order valence-corrected chi connectivity index (χ1v) is 8.28. The second-order valence-electron chi connectivity index (χ2n) is 6.31. The lowest BCUT2D eigenvalue weighted by molar-refractivity contribution is 0.133. The van der Waals surface area contributed by atoms with Crippen molar-refractivity contribution in [2.75, 3.05) is 6.61 Å². The molecule has 4 aliphatic rings. The number of rotatable bonds is 2. The van der Waals surface area contributed by atoms with E-state index < -0.39 is 0 Å². The fourth-order valence-corrected chi connectivity index (χ4v) is 3.49. The molecule has 1 aromatic carbocycles. The van der Waals surface area contributed by atoms with E-state index in [0.29, 0.717) is 6.61 Å². The number of ether oxygens (including phenoxy) is 2. The first kappa shape index (κ1) is 13.8.